The summed E-state index contributed by atoms with van der Waals surface area (Å²) in [5.41, 5.74) is 3.02. The lowest BCUT2D eigenvalue weighted by molar-refractivity contribution is -0.128. The van der Waals surface area contributed by atoms with Crippen LogP contribution in [-0.2, 0) is 17.1 Å². The minimum absolute atomic E-state index is 0.0888. The molecule has 4 rings (SSSR count). The number of nitrogens with one attached hydrogen (secondary N) is 1. The number of benzene rings is 3. The van der Waals surface area contributed by atoms with Gasteiger partial charge in [0.2, 0.25) is 5.91 Å². The summed E-state index contributed by atoms with van der Waals surface area (Å²) < 4.78 is 13.8. The van der Waals surface area contributed by atoms with Crippen LogP contribution in [0.4, 0.5) is 4.39 Å². The Morgan fingerprint density at radius 2 is 1.83 bits per heavy atom. The molecule has 0 radical (unpaired) electrons. The van der Waals surface area contributed by atoms with E-state index in [9.17, 15) is 14.0 Å². The Morgan fingerprint density at radius 1 is 1.09 bits per heavy atom. The molecule has 4 nitrogen and oxygen atoms in total. The Balaban J connectivity index is 1.28. The van der Waals surface area contributed by atoms with Gasteiger partial charge in [0.1, 0.15) is 11.2 Å². The number of carbonyl (C=O) groups is 2. The summed E-state index contributed by atoms with van der Waals surface area (Å²) in [4.78, 5) is 26.9. The molecule has 35 heavy (non-hydrogen) atoms. The lowest BCUT2D eigenvalue weighted by Crippen LogP contribution is -2.28. The molecule has 0 saturated carbocycles. The van der Waals surface area contributed by atoms with E-state index in [1.165, 1.54) is 17.8 Å². The molecule has 3 aromatic rings. The molecule has 0 unspecified atom stereocenters. The zero-order chi connectivity index (χ0) is 24.8. The van der Waals surface area contributed by atoms with E-state index in [1.54, 1.807) is 36.0 Å². The van der Waals surface area contributed by atoms with Crippen LogP contribution in [0.3, 0.4) is 0 Å². The molecular weight excluding hydrogens is 526 g/mol. The number of thioether (sulfide) groups is 2. The lowest BCUT2D eigenvalue weighted by atomic mass is 10.1. The second-order valence-corrected chi connectivity index (χ2v) is 11.0. The van der Waals surface area contributed by atoms with Gasteiger partial charge in [-0.2, -0.15) is 11.8 Å². The third kappa shape index (κ3) is 6.73. The first-order valence-electron chi connectivity index (χ1n) is 11.0. The van der Waals surface area contributed by atoms with Crippen LogP contribution in [0.1, 0.15) is 32.4 Å². The van der Waals surface area contributed by atoms with Crippen LogP contribution in [0.25, 0.3) is 0 Å². The zero-order valence-corrected chi connectivity index (χ0v) is 21.8. The van der Waals surface area contributed by atoms with Gasteiger partial charge < -0.3 is 10.2 Å². The van der Waals surface area contributed by atoms with Gasteiger partial charge in [-0.3, -0.25) is 9.59 Å². The van der Waals surface area contributed by atoms with Gasteiger partial charge in [0.15, 0.2) is 0 Å². The highest BCUT2D eigenvalue weighted by Gasteiger charge is 2.32. The molecule has 0 spiro atoms. The predicted octanol–water partition coefficient (Wildman–Crippen LogP) is 6.57. The van der Waals surface area contributed by atoms with Crippen LogP contribution in [0.15, 0.2) is 66.7 Å². The van der Waals surface area contributed by atoms with E-state index in [0.29, 0.717) is 51.5 Å². The molecule has 1 N–H and O–H groups in total. The molecule has 2 amide bonds. The first-order valence-corrected chi connectivity index (χ1v) is 13.9. The number of nitrogens with zero attached hydrogens (tertiary/aromatic N) is 1. The highest BCUT2D eigenvalue weighted by Crippen LogP contribution is 2.39. The molecule has 1 aliphatic rings. The maximum absolute atomic E-state index is 13.8. The smallest absolute Gasteiger partial charge is 0.251 e. The molecule has 1 aliphatic heterocycles. The lowest BCUT2D eigenvalue weighted by Gasteiger charge is -2.24. The summed E-state index contributed by atoms with van der Waals surface area (Å²) in [6.45, 7) is 0.963. The van der Waals surface area contributed by atoms with Crippen molar-refractivity contribution in [2.24, 2.45) is 0 Å². The molecule has 1 heterocycles. The van der Waals surface area contributed by atoms with Crippen LogP contribution in [-0.4, -0.2) is 34.8 Å². The minimum atomic E-state index is -0.317. The Kier molecular flexibility index (Phi) is 9.00. The van der Waals surface area contributed by atoms with E-state index in [1.807, 2.05) is 41.3 Å². The highest BCUT2D eigenvalue weighted by atomic mass is 35.5. The topological polar surface area (TPSA) is 49.4 Å². The van der Waals surface area contributed by atoms with Gasteiger partial charge in [-0.05, 0) is 47.5 Å². The molecule has 9 heteroatoms. The SMILES string of the molecule is O=C(NCCSCc1c(F)cccc1Cl)c1ccc([C@@H]2SCC(=O)N2Cc2ccc(Cl)cc2)cc1. The third-order valence-corrected chi connectivity index (χ3v) is 8.38. The largest absolute Gasteiger partial charge is 0.351 e. The van der Waals surface area contributed by atoms with Gasteiger partial charge in [0.25, 0.3) is 5.91 Å². The van der Waals surface area contributed by atoms with Gasteiger partial charge >= 0.3 is 0 Å². The van der Waals surface area contributed by atoms with E-state index in [0.717, 1.165) is 11.1 Å². The van der Waals surface area contributed by atoms with Gasteiger partial charge in [0, 0.05) is 45.8 Å². The first kappa shape index (κ1) is 25.9. The molecule has 182 valence electrons. The molecule has 3 aromatic carbocycles. The van der Waals surface area contributed by atoms with Crippen LogP contribution in [0.5, 0.6) is 0 Å². The van der Waals surface area contributed by atoms with Crippen molar-refractivity contribution in [1.29, 1.82) is 0 Å². The van der Waals surface area contributed by atoms with Crippen molar-refractivity contribution in [3.05, 3.63) is 105 Å². The van der Waals surface area contributed by atoms with Gasteiger partial charge in [0.05, 0.1) is 5.75 Å². The van der Waals surface area contributed by atoms with Crippen LogP contribution in [0.2, 0.25) is 10.0 Å². The van der Waals surface area contributed by atoms with Crippen molar-refractivity contribution in [2.45, 2.75) is 17.7 Å². The molecule has 0 bridgehead atoms. The average Bonchev–Trinajstić information content (AvgIpc) is 3.21. The molecule has 1 saturated heterocycles. The quantitative estimate of drug-likeness (QED) is 0.307. The van der Waals surface area contributed by atoms with Crippen LogP contribution < -0.4 is 5.32 Å². The summed E-state index contributed by atoms with van der Waals surface area (Å²) in [5, 5.41) is 3.86. The van der Waals surface area contributed by atoms with E-state index < -0.39 is 0 Å². The maximum atomic E-state index is 13.8. The monoisotopic (exact) mass is 548 g/mol. The van der Waals surface area contributed by atoms with Crippen molar-refractivity contribution < 1.29 is 14.0 Å². The molecule has 1 fully saturated rings. The van der Waals surface area contributed by atoms with Crippen molar-refractivity contribution in [3.63, 3.8) is 0 Å². The fourth-order valence-electron chi connectivity index (χ4n) is 3.67. The van der Waals surface area contributed by atoms with Crippen molar-refractivity contribution >= 4 is 58.5 Å². The highest BCUT2D eigenvalue weighted by molar-refractivity contribution is 8.00. The van der Waals surface area contributed by atoms with Crippen LogP contribution in [0, 0.1) is 5.82 Å². The second-order valence-electron chi connectivity index (χ2n) is 7.94. The molecule has 0 aromatic heterocycles. The van der Waals surface area contributed by atoms with E-state index >= 15 is 0 Å². The number of rotatable bonds is 9. The Labute approximate surface area is 222 Å². The summed E-state index contributed by atoms with van der Waals surface area (Å²) in [5.74, 6) is 1.11. The van der Waals surface area contributed by atoms with E-state index in [-0.39, 0.29) is 23.0 Å². The second kappa shape index (κ2) is 12.2. The fraction of sp³-hybridized carbons (Fsp3) is 0.231. The zero-order valence-electron chi connectivity index (χ0n) is 18.7. The summed E-state index contributed by atoms with van der Waals surface area (Å²) in [6, 6.07) is 19.5. The first-order chi connectivity index (χ1) is 16.9. The Morgan fingerprint density at radius 3 is 2.54 bits per heavy atom. The number of hydrogen-bond donors (Lipinski definition) is 1. The third-order valence-electron chi connectivity index (χ3n) is 5.53. The maximum Gasteiger partial charge on any atom is 0.251 e. The molecule has 1 atom stereocenters. The van der Waals surface area contributed by atoms with Crippen molar-refractivity contribution in [3.8, 4) is 0 Å². The predicted molar refractivity (Wildman–Crippen MR) is 144 cm³/mol. The van der Waals surface area contributed by atoms with Crippen molar-refractivity contribution in [1.82, 2.24) is 10.2 Å². The Bertz CT molecular complexity index is 1170. The van der Waals surface area contributed by atoms with Gasteiger partial charge in [-0.1, -0.05) is 53.5 Å². The van der Waals surface area contributed by atoms with E-state index in [2.05, 4.69) is 5.32 Å². The number of amides is 2. The van der Waals surface area contributed by atoms with Gasteiger partial charge in [-0.15, -0.1) is 11.8 Å². The van der Waals surface area contributed by atoms with Crippen molar-refractivity contribution in [2.75, 3.05) is 18.1 Å². The number of halogens is 3. The fourth-order valence-corrected chi connectivity index (χ4v) is 6.18. The average molecular weight is 550 g/mol. The van der Waals surface area contributed by atoms with Gasteiger partial charge in [-0.25, -0.2) is 4.39 Å². The Hall–Kier alpha value is -2.19. The summed E-state index contributed by atoms with van der Waals surface area (Å²) >= 11 is 15.1. The molecule has 0 aliphatic carbocycles. The minimum Gasteiger partial charge on any atom is -0.351 e. The number of carbonyl (C=O) groups excluding carboxylic acids is 2. The molecular formula is C26H23Cl2FN2O2S2. The number of hydrogen-bond acceptors (Lipinski definition) is 4. The van der Waals surface area contributed by atoms with E-state index in [4.69, 9.17) is 23.2 Å². The summed E-state index contributed by atoms with van der Waals surface area (Å²) in [6.07, 6.45) is 0. The van der Waals surface area contributed by atoms with Crippen LogP contribution >= 0.6 is 46.7 Å². The normalized spacial score (nSPS) is 15.5. The summed E-state index contributed by atoms with van der Waals surface area (Å²) in [7, 11) is 0. The standard InChI is InChI=1S/C26H23Cl2FN2O2S2/c27-20-10-4-17(5-11-20)14-31-24(32)16-35-26(31)19-8-6-18(7-9-19)25(33)30-12-13-34-15-21-22(28)2-1-3-23(21)29/h1-11,26H,12-16H2,(H,30,33)/t26-/m0/s1.